The molecule has 0 unspecified atom stereocenters. The van der Waals surface area contributed by atoms with E-state index in [1.807, 2.05) is 26.0 Å². The van der Waals surface area contributed by atoms with Gasteiger partial charge in [-0.05, 0) is 65.6 Å². The quantitative estimate of drug-likeness (QED) is 0.117. The van der Waals surface area contributed by atoms with E-state index in [1.54, 1.807) is 0 Å². The van der Waals surface area contributed by atoms with Crippen LogP contribution >= 0.6 is 0 Å². The van der Waals surface area contributed by atoms with Crippen molar-refractivity contribution in [3.8, 4) is 0 Å². The summed E-state index contributed by atoms with van der Waals surface area (Å²) in [4.78, 5) is 7.57. The first-order valence-corrected chi connectivity index (χ1v) is 11.5. The molecule has 34 heavy (non-hydrogen) atoms. The van der Waals surface area contributed by atoms with Gasteiger partial charge in [0.1, 0.15) is 7.05 Å². The molecule has 0 radical (unpaired) electrons. The van der Waals surface area contributed by atoms with Crippen LogP contribution in [0.25, 0.3) is 58.7 Å². The van der Waals surface area contributed by atoms with E-state index in [-0.39, 0.29) is 0 Å². The maximum atomic E-state index is 7.64. The van der Waals surface area contributed by atoms with Gasteiger partial charge in [-0.2, -0.15) is 0 Å². The Balaban J connectivity index is 1.95. The van der Waals surface area contributed by atoms with Gasteiger partial charge in [-0.15, -0.1) is 0 Å². The summed E-state index contributed by atoms with van der Waals surface area (Å²) < 4.78 is 4.63. The summed E-state index contributed by atoms with van der Waals surface area (Å²) in [5.74, 6) is 0. The van der Waals surface area contributed by atoms with Crippen molar-refractivity contribution < 1.29 is 4.57 Å². The summed E-state index contributed by atoms with van der Waals surface area (Å²) in [6.07, 6.45) is 2.84. The van der Waals surface area contributed by atoms with Crippen molar-refractivity contribution in [1.82, 2.24) is 4.40 Å². The topological polar surface area (TPSA) is 17.0 Å². The fourth-order valence-corrected chi connectivity index (χ4v) is 5.67. The minimum Gasteiger partial charge on any atom is -0.311 e. The molecule has 4 heteroatoms. The highest BCUT2D eigenvalue weighted by Gasteiger charge is 2.27. The second-order valence-electron chi connectivity index (χ2n) is 10.2. The summed E-state index contributed by atoms with van der Waals surface area (Å²) in [5.41, 5.74) is 8.63. The maximum absolute atomic E-state index is 7.64. The second-order valence-corrected chi connectivity index (χ2v) is 10.2. The van der Waals surface area contributed by atoms with Gasteiger partial charge in [0.2, 0.25) is 11.1 Å². The molecule has 0 saturated heterocycles. The van der Waals surface area contributed by atoms with E-state index < -0.39 is 5.54 Å². The van der Waals surface area contributed by atoms with Gasteiger partial charge in [-0.25, -0.2) is 16.0 Å². The highest BCUT2D eigenvalue weighted by atomic mass is 15.0. The molecule has 6 rings (SSSR count). The average Bonchev–Trinajstić information content (AvgIpc) is 3.13. The lowest BCUT2D eigenvalue weighted by Gasteiger charge is -2.16. The Morgan fingerprint density at radius 2 is 1.74 bits per heavy atom. The third-order valence-corrected chi connectivity index (χ3v) is 7.38. The molecule has 6 aromatic rings. The van der Waals surface area contributed by atoms with Crippen molar-refractivity contribution in [3.05, 3.63) is 88.2 Å². The normalized spacial score (nSPS) is 12.3. The van der Waals surface area contributed by atoms with Crippen molar-refractivity contribution in [1.29, 1.82) is 0 Å². The van der Waals surface area contributed by atoms with Gasteiger partial charge in [0.15, 0.2) is 11.9 Å². The molecule has 0 aliphatic heterocycles. The summed E-state index contributed by atoms with van der Waals surface area (Å²) in [7, 11) is 2.12. The van der Waals surface area contributed by atoms with Gasteiger partial charge in [0.05, 0.1) is 40.3 Å². The van der Waals surface area contributed by atoms with E-state index >= 15 is 0 Å². The van der Waals surface area contributed by atoms with E-state index in [1.165, 1.54) is 49.3 Å². The second kappa shape index (κ2) is 6.69. The number of pyridine rings is 2. The molecule has 3 aromatic carbocycles. The molecule has 0 aliphatic rings. The third-order valence-electron chi connectivity index (χ3n) is 7.38. The molecule has 0 saturated carbocycles. The third kappa shape index (κ3) is 2.60. The van der Waals surface area contributed by atoms with Crippen LogP contribution < -0.4 is 4.57 Å². The minimum atomic E-state index is -0.457. The summed E-state index contributed by atoms with van der Waals surface area (Å²) in [6.45, 7) is 23.6. The molecule has 0 aliphatic carbocycles. The molecule has 4 nitrogen and oxygen atoms in total. The smallest absolute Gasteiger partial charge is 0.231 e. The van der Waals surface area contributed by atoms with E-state index in [9.17, 15) is 0 Å². The summed E-state index contributed by atoms with van der Waals surface area (Å²) >= 11 is 0. The Hall–Kier alpha value is -4.15. The Kier molecular flexibility index (Phi) is 4.02. The largest absolute Gasteiger partial charge is 0.311 e. The number of aromatic nitrogens is 2. The van der Waals surface area contributed by atoms with Crippen LogP contribution in [0.1, 0.15) is 30.5 Å². The lowest BCUT2D eigenvalue weighted by atomic mass is 9.92. The molecule has 0 N–H and O–H groups in total. The standard InChI is InChI=1S/C30H25N4/c1-17-12-23-22-15-21(31-5)8-9-24(22)34-25-14-19(16-30(3,4)32-6)13-20-10-11-33(7)29(27(20)25)26(18(17)2)28(23)34/h8-15H,16H2,1-4,7H3/q+1. The first-order valence-electron chi connectivity index (χ1n) is 11.5. The number of hydrogen-bond donors (Lipinski definition) is 0. The number of fused-ring (bicyclic) bond motifs is 5. The fourth-order valence-electron chi connectivity index (χ4n) is 5.67. The van der Waals surface area contributed by atoms with E-state index in [0.717, 1.165) is 16.4 Å². The molecular formula is C30H25N4+. The SMILES string of the molecule is [C-]#[N+]c1ccc2c(c1)c1cc(C)c(C)c3c1n2c1cc(CC(C)(C)[N+]#[C-])cc2cc[n+](C)c3c21. The van der Waals surface area contributed by atoms with Crippen molar-refractivity contribution in [2.45, 2.75) is 39.7 Å². The van der Waals surface area contributed by atoms with E-state index in [0.29, 0.717) is 12.1 Å². The first-order chi connectivity index (χ1) is 16.2. The van der Waals surface area contributed by atoms with Crippen LogP contribution in [-0.2, 0) is 13.5 Å². The highest BCUT2D eigenvalue weighted by molar-refractivity contribution is 6.26. The number of aryl methyl sites for hydroxylation is 3. The minimum absolute atomic E-state index is 0.457. The lowest BCUT2D eigenvalue weighted by Crippen LogP contribution is -2.29. The predicted molar refractivity (Wildman–Crippen MR) is 140 cm³/mol. The van der Waals surface area contributed by atoms with Gasteiger partial charge in [0, 0.05) is 25.3 Å². The van der Waals surface area contributed by atoms with Crippen molar-refractivity contribution >= 4 is 54.7 Å². The molecule has 0 spiro atoms. The van der Waals surface area contributed by atoms with E-state index in [4.69, 9.17) is 13.1 Å². The molecule has 3 aromatic heterocycles. The first kappa shape index (κ1) is 20.5. The van der Waals surface area contributed by atoms with Crippen LogP contribution in [0.2, 0.25) is 0 Å². The lowest BCUT2D eigenvalue weighted by molar-refractivity contribution is -0.643. The predicted octanol–water partition coefficient (Wildman–Crippen LogP) is 7.22. The molecule has 0 amide bonds. The zero-order valence-electron chi connectivity index (χ0n) is 20.1. The van der Waals surface area contributed by atoms with Crippen LogP contribution in [-0.4, -0.2) is 9.94 Å². The van der Waals surface area contributed by atoms with Crippen LogP contribution in [0.15, 0.2) is 48.7 Å². The molecule has 3 heterocycles. The Labute approximate surface area is 198 Å². The fraction of sp³-hybridized carbons (Fsp3) is 0.233. The van der Waals surface area contributed by atoms with Gasteiger partial charge in [-0.3, -0.25) is 0 Å². The summed E-state index contributed by atoms with van der Waals surface area (Å²) in [5, 5.41) is 6.01. The zero-order chi connectivity index (χ0) is 23.9. The number of benzene rings is 3. The zero-order valence-corrected chi connectivity index (χ0v) is 20.1. The van der Waals surface area contributed by atoms with Gasteiger partial charge >= 0.3 is 0 Å². The van der Waals surface area contributed by atoms with Crippen molar-refractivity contribution in [2.75, 3.05) is 0 Å². The average molecular weight is 442 g/mol. The van der Waals surface area contributed by atoms with Crippen LogP contribution in [0.5, 0.6) is 0 Å². The molecule has 164 valence electrons. The Morgan fingerprint density at radius 3 is 2.47 bits per heavy atom. The van der Waals surface area contributed by atoms with Crippen molar-refractivity contribution in [2.24, 2.45) is 7.05 Å². The molecule has 0 atom stereocenters. The number of hydrogen-bond acceptors (Lipinski definition) is 0. The van der Waals surface area contributed by atoms with Gasteiger partial charge < -0.3 is 9.25 Å². The Bertz CT molecular complexity index is 1910. The van der Waals surface area contributed by atoms with Crippen molar-refractivity contribution in [3.63, 3.8) is 0 Å². The number of nitrogens with zero attached hydrogens (tertiary/aromatic N) is 4. The van der Waals surface area contributed by atoms with Crippen LogP contribution in [0.3, 0.4) is 0 Å². The van der Waals surface area contributed by atoms with Gasteiger partial charge in [-0.1, -0.05) is 12.1 Å². The molecule has 0 fully saturated rings. The summed E-state index contributed by atoms with van der Waals surface area (Å²) in [6, 6.07) is 15.0. The monoisotopic (exact) mass is 441 g/mol. The number of rotatable bonds is 2. The molecule has 0 bridgehead atoms. The van der Waals surface area contributed by atoms with Crippen LogP contribution in [0, 0.1) is 27.0 Å². The molecular weight excluding hydrogens is 416 g/mol. The van der Waals surface area contributed by atoms with Gasteiger partial charge in [0.25, 0.3) is 0 Å². The Morgan fingerprint density at radius 1 is 0.941 bits per heavy atom. The highest BCUT2D eigenvalue weighted by Crippen LogP contribution is 2.43. The van der Waals surface area contributed by atoms with E-state index in [2.05, 4.69) is 76.1 Å². The van der Waals surface area contributed by atoms with Crippen LogP contribution in [0.4, 0.5) is 5.69 Å². The maximum Gasteiger partial charge on any atom is 0.231 e.